The lowest BCUT2D eigenvalue weighted by molar-refractivity contribution is -0.0271. The Hall–Kier alpha value is -5.77. The third-order valence-electron chi connectivity index (χ3n) is 9.50. The van der Waals surface area contributed by atoms with Crippen LogP contribution < -0.4 is 16.6 Å². The summed E-state index contributed by atoms with van der Waals surface area (Å²) in [5, 5.41) is 19.9. The Morgan fingerprint density at radius 1 is 0.981 bits per heavy atom. The van der Waals surface area contributed by atoms with E-state index < -0.39 is 22.8 Å². The minimum absolute atomic E-state index is 0.0395. The van der Waals surface area contributed by atoms with Gasteiger partial charge in [-0.1, -0.05) is 30.3 Å². The second-order valence-corrected chi connectivity index (χ2v) is 14.0. The number of fused-ring (bicyclic) bond motifs is 2. The standard InChI is InChI=1S/C37H33F2N9O3S/c38-24-7-9-28(29(39)16-24)37(51,20-46-22-41-21-42-46)19-45-13-11-25(12-14-45)43-34(49)32-18-31-35(52-32)44-33(40)36(50)48(31)27-8-6-23-10-15-47(30(23)17-27)26-4-2-1-3-5-26/h1-10,15-18,21-22,25,51H,11-14,19-20H2,(H2,40,44)(H,43,49)/t37-/m0/s1. The number of rotatable bonds is 9. The predicted molar refractivity (Wildman–Crippen MR) is 194 cm³/mol. The molecule has 0 radical (unpaired) electrons. The molecule has 264 valence electrons. The van der Waals surface area contributed by atoms with Crippen molar-refractivity contribution in [2.75, 3.05) is 25.4 Å². The van der Waals surface area contributed by atoms with E-state index in [1.807, 2.05) is 70.3 Å². The lowest BCUT2D eigenvalue weighted by Gasteiger charge is -2.38. The second kappa shape index (κ2) is 13.4. The number of carbonyl (C=O) groups is 1. The molecule has 15 heteroatoms. The average Bonchev–Trinajstić information content (AvgIpc) is 3.90. The predicted octanol–water partition coefficient (Wildman–Crippen LogP) is 4.63. The van der Waals surface area contributed by atoms with Crippen molar-refractivity contribution < 1.29 is 18.7 Å². The summed E-state index contributed by atoms with van der Waals surface area (Å²) in [6.07, 6.45) is 5.86. The molecule has 1 atom stereocenters. The number of aromatic nitrogens is 6. The Morgan fingerprint density at radius 3 is 2.54 bits per heavy atom. The van der Waals surface area contributed by atoms with Crippen LogP contribution in [0.15, 0.2) is 103 Å². The topological polar surface area (TPSA) is 149 Å². The third kappa shape index (κ3) is 6.33. The van der Waals surface area contributed by atoms with Gasteiger partial charge < -0.3 is 20.7 Å². The first kappa shape index (κ1) is 33.4. The number of carbonyl (C=O) groups excluding carboxylic acids is 1. The Bertz CT molecular complexity index is 2470. The number of halogens is 2. The van der Waals surface area contributed by atoms with Crippen molar-refractivity contribution in [1.82, 2.24) is 39.1 Å². The maximum atomic E-state index is 14.9. The van der Waals surface area contributed by atoms with Crippen LogP contribution in [0.25, 0.3) is 32.6 Å². The van der Waals surface area contributed by atoms with Gasteiger partial charge in [-0.15, -0.1) is 11.3 Å². The number of hydrogen-bond donors (Lipinski definition) is 3. The van der Waals surface area contributed by atoms with Crippen molar-refractivity contribution in [3.05, 3.63) is 130 Å². The normalized spacial score (nSPS) is 15.3. The van der Waals surface area contributed by atoms with Crippen LogP contribution >= 0.6 is 11.3 Å². The van der Waals surface area contributed by atoms with Crippen molar-refractivity contribution in [2.45, 2.75) is 31.0 Å². The largest absolute Gasteiger partial charge is 0.382 e. The van der Waals surface area contributed by atoms with E-state index in [0.29, 0.717) is 46.8 Å². The number of nitrogens with two attached hydrogens (primary N) is 1. The molecule has 1 saturated heterocycles. The molecule has 52 heavy (non-hydrogen) atoms. The summed E-state index contributed by atoms with van der Waals surface area (Å²) in [5.74, 6) is -2.06. The van der Waals surface area contributed by atoms with E-state index in [-0.39, 0.29) is 36.4 Å². The third-order valence-corrected chi connectivity index (χ3v) is 10.5. The fourth-order valence-corrected chi connectivity index (χ4v) is 7.89. The first-order chi connectivity index (χ1) is 25.1. The summed E-state index contributed by atoms with van der Waals surface area (Å²) >= 11 is 1.15. The summed E-state index contributed by atoms with van der Waals surface area (Å²) in [6, 6.07) is 22.2. The van der Waals surface area contributed by atoms with Crippen molar-refractivity contribution in [1.29, 1.82) is 0 Å². The highest BCUT2D eigenvalue weighted by molar-refractivity contribution is 7.20. The molecule has 1 aliphatic rings. The van der Waals surface area contributed by atoms with E-state index in [9.17, 15) is 23.5 Å². The molecule has 1 aliphatic heterocycles. The van der Waals surface area contributed by atoms with E-state index >= 15 is 0 Å². The van der Waals surface area contributed by atoms with Gasteiger partial charge in [-0.05, 0) is 55.3 Å². The number of β-amino-alcohol motifs (C(OH)–C–C–N with tert-alkyl or cyclic N) is 1. The molecule has 1 fully saturated rings. The average molecular weight is 722 g/mol. The number of hydrogen-bond acceptors (Lipinski definition) is 9. The number of anilines is 1. The highest BCUT2D eigenvalue weighted by atomic mass is 32.1. The summed E-state index contributed by atoms with van der Waals surface area (Å²) in [5.41, 5.74) is 6.81. The quantitative estimate of drug-likeness (QED) is 0.196. The molecule has 4 aromatic heterocycles. The smallest absolute Gasteiger partial charge is 0.298 e. The van der Waals surface area contributed by atoms with E-state index in [0.717, 1.165) is 40.1 Å². The van der Waals surface area contributed by atoms with Crippen LogP contribution in [0.3, 0.4) is 0 Å². The molecule has 3 aromatic carbocycles. The number of likely N-dealkylation sites (tertiary alicyclic amines) is 1. The number of aliphatic hydroxyl groups is 1. The number of benzene rings is 3. The van der Waals surface area contributed by atoms with Gasteiger partial charge in [0, 0.05) is 54.6 Å². The van der Waals surface area contributed by atoms with E-state index in [4.69, 9.17) is 5.73 Å². The fourth-order valence-electron chi connectivity index (χ4n) is 6.96. The number of thiophene rings is 1. The first-order valence-corrected chi connectivity index (χ1v) is 17.5. The highest BCUT2D eigenvalue weighted by Gasteiger charge is 2.37. The molecule has 4 N–H and O–H groups in total. The number of piperidine rings is 1. The van der Waals surface area contributed by atoms with Gasteiger partial charge >= 0.3 is 0 Å². The Balaban J connectivity index is 0.998. The van der Waals surface area contributed by atoms with Crippen LogP contribution in [0.1, 0.15) is 28.1 Å². The Kier molecular flexibility index (Phi) is 8.61. The van der Waals surface area contributed by atoms with Gasteiger partial charge in [0.25, 0.3) is 11.5 Å². The molecule has 0 aliphatic carbocycles. The Labute approximate surface area is 299 Å². The number of nitrogens with zero attached hydrogens (tertiary/aromatic N) is 7. The van der Waals surface area contributed by atoms with Gasteiger partial charge in [-0.3, -0.25) is 19.1 Å². The fraction of sp³-hybridized carbons (Fsp3) is 0.216. The minimum Gasteiger partial charge on any atom is -0.382 e. The summed E-state index contributed by atoms with van der Waals surface area (Å²) in [7, 11) is 0. The van der Waals surface area contributed by atoms with E-state index in [1.165, 1.54) is 28.0 Å². The molecule has 0 saturated carbocycles. The van der Waals surface area contributed by atoms with Crippen LogP contribution in [0.4, 0.5) is 14.6 Å². The second-order valence-electron chi connectivity index (χ2n) is 13.0. The number of nitrogen functional groups attached to an aromatic ring is 1. The van der Waals surface area contributed by atoms with Crippen molar-refractivity contribution >= 4 is 44.3 Å². The van der Waals surface area contributed by atoms with Crippen LogP contribution in [0.2, 0.25) is 0 Å². The van der Waals surface area contributed by atoms with Gasteiger partial charge in [0.05, 0.1) is 28.1 Å². The Morgan fingerprint density at radius 2 is 1.79 bits per heavy atom. The number of para-hydroxylation sites is 1. The van der Waals surface area contributed by atoms with Crippen LogP contribution in [0.5, 0.6) is 0 Å². The first-order valence-electron chi connectivity index (χ1n) is 16.7. The zero-order valence-corrected chi connectivity index (χ0v) is 28.5. The number of amides is 1. The molecule has 8 rings (SSSR count). The monoisotopic (exact) mass is 721 g/mol. The van der Waals surface area contributed by atoms with Crippen molar-refractivity contribution in [3.8, 4) is 11.4 Å². The van der Waals surface area contributed by atoms with E-state index in [1.54, 1.807) is 6.07 Å². The van der Waals surface area contributed by atoms with Gasteiger partial charge in [0.15, 0.2) is 5.82 Å². The summed E-state index contributed by atoms with van der Waals surface area (Å²) < 4.78 is 33.6. The SMILES string of the molecule is Nc1nc2sc(C(=O)NC3CCN(C[C@](O)(Cn4cncn4)c4ccc(F)cc4F)CC3)cc2n(-c2ccc3ccn(-c4ccccc4)c3c2)c1=O. The molecule has 12 nitrogen and oxygen atoms in total. The van der Waals surface area contributed by atoms with Gasteiger partial charge in [0.2, 0.25) is 0 Å². The maximum Gasteiger partial charge on any atom is 0.298 e. The van der Waals surface area contributed by atoms with Crippen molar-refractivity contribution in [2.24, 2.45) is 0 Å². The zero-order chi connectivity index (χ0) is 36.0. The lowest BCUT2D eigenvalue weighted by Crippen LogP contribution is -2.50. The molecular formula is C37H33F2N9O3S. The zero-order valence-electron chi connectivity index (χ0n) is 27.7. The molecule has 0 spiro atoms. The number of nitrogens with one attached hydrogen (secondary N) is 1. The van der Waals surface area contributed by atoms with Gasteiger partial charge in [0.1, 0.15) is 34.7 Å². The van der Waals surface area contributed by atoms with Crippen molar-refractivity contribution in [3.63, 3.8) is 0 Å². The molecule has 1 amide bonds. The molecule has 0 unspecified atom stereocenters. The van der Waals surface area contributed by atoms with Crippen LogP contribution in [-0.4, -0.2) is 70.5 Å². The minimum atomic E-state index is -1.72. The lowest BCUT2D eigenvalue weighted by atomic mass is 9.91. The molecule has 0 bridgehead atoms. The van der Waals surface area contributed by atoms with Gasteiger partial charge in [-0.2, -0.15) is 5.10 Å². The summed E-state index contributed by atoms with van der Waals surface area (Å²) in [4.78, 5) is 38.1. The van der Waals surface area contributed by atoms with Crippen LogP contribution in [-0.2, 0) is 12.1 Å². The molecule has 7 aromatic rings. The van der Waals surface area contributed by atoms with Crippen LogP contribution in [0, 0.1) is 11.6 Å². The van der Waals surface area contributed by atoms with Gasteiger partial charge in [-0.25, -0.2) is 23.4 Å². The highest BCUT2D eigenvalue weighted by Crippen LogP contribution is 2.31. The van der Waals surface area contributed by atoms with E-state index in [2.05, 4.69) is 20.4 Å². The molecule has 5 heterocycles. The maximum absolute atomic E-state index is 14.9. The molecular weight excluding hydrogens is 689 g/mol. The summed E-state index contributed by atoms with van der Waals surface area (Å²) in [6.45, 7) is 0.976.